The van der Waals surface area contributed by atoms with Crippen LogP contribution in [0, 0.1) is 17.8 Å². The Kier molecular flexibility index (Phi) is 4.48. The Balaban J connectivity index is 1.54. The summed E-state index contributed by atoms with van der Waals surface area (Å²) in [4.78, 5) is 18.5. The summed E-state index contributed by atoms with van der Waals surface area (Å²) in [6.45, 7) is 2.63. The molecule has 0 spiro atoms. The van der Waals surface area contributed by atoms with Crippen LogP contribution in [0.1, 0.15) is 21.6 Å². The number of alkyl halides is 3. The number of halogens is 3. The molecule has 1 aromatic heterocycles. The molecule has 2 atom stereocenters. The normalized spacial score (nSPS) is 24.3. The second-order valence-corrected chi connectivity index (χ2v) is 7.63. The Hall–Kier alpha value is -1.93. The summed E-state index contributed by atoms with van der Waals surface area (Å²) in [5, 5.41) is 4.99. The van der Waals surface area contributed by atoms with Gasteiger partial charge in [-0.25, -0.2) is 4.98 Å². The maximum atomic E-state index is 13.0. The zero-order valence-corrected chi connectivity index (χ0v) is 14.7. The topological polar surface area (TPSA) is 45.2 Å². The van der Waals surface area contributed by atoms with Gasteiger partial charge >= 0.3 is 6.18 Å². The Morgan fingerprint density at radius 2 is 2.08 bits per heavy atom. The van der Waals surface area contributed by atoms with Crippen molar-refractivity contribution < 1.29 is 18.0 Å². The van der Waals surface area contributed by atoms with Gasteiger partial charge in [-0.15, -0.1) is 11.3 Å². The Bertz CT molecular complexity index is 783. The summed E-state index contributed by atoms with van der Waals surface area (Å²) in [5.41, 5.74) is 1.73. The zero-order chi connectivity index (χ0) is 18.3. The fourth-order valence-corrected chi connectivity index (χ4v) is 4.36. The van der Waals surface area contributed by atoms with E-state index in [1.165, 1.54) is 17.4 Å². The van der Waals surface area contributed by atoms with Gasteiger partial charge in [0, 0.05) is 18.5 Å². The number of amides is 1. The molecular weight excluding hydrogens is 363 g/mol. The lowest BCUT2D eigenvalue weighted by atomic mass is 10.1. The van der Waals surface area contributed by atoms with Crippen LogP contribution in [-0.2, 0) is 12.7 Å². The highest BCUT2D eigenvalue weighted by molar-refractivity contribution is 7.07. The molecule has 8 heteroatoms. The standard InChI is InChI=1S/C18H18F3N3OS/c19-18(20,21)12-3-1-2-11(4-12)7-24(17(25)16-9-26-10-23-16)8-15-13-5-22-6-14(13)15/h1-4,9-10,13-15,22H,5-8H2. The number of hydrogen-bond donors (Lipinski definition) is 1. The second-order valence-electron chi connectivity index (χ2n) is 6.91. The summed E-state index contributed by atoms with van der Waals surface area (Å²) in [6.07, 6.45) is -4.39. The van der Waals surface area contributed by atoms with Crippen LogP contribution in [0.25, 0.3) is 0 Å². The van der Waals surface area contributed by atoms with Gasteiger partial charge in [-0.2, -0.15) is 13.2 Å². The number of carbonyl (C=O) groups excluding carboxylic acids is 1. The number of nitrogens with zero attached hydrogens (tertiary/aromatic N) is 2. The van der Waals surface area contributed by atoms with Crippen LogP contribution in [0.2, 0.25) is 0 Å². The minimum Gasteiger partial charge on any atom is -0.333 e. The first-order valence-electron chi connectivity index (χ1n) is 8.48. The first-order chi connectivity index (χ1) is 12.4. The SMILES string of the molecule is O=C(c1cscn1)N(Cc1cccc(C(F)(F)F)c1)CC1C2CNCC21. The van der Waals surface area contributed by atoms with Gasteiger partial charge in [0.1, 0.15) is 5.69 Å². The highest BCUT2D eigenvalue weighted by Gasteiger charge is 2.53. The van der Waals surface area contributed by atoms with Crippen LogP contribution in [0.5, 0.6) is 0 Å². The van der Waals surface area contributed by atoms with Crippen molar-refractivity contribution in [3.63, 3.8) is 0 Å². The van der Waals surface area contributed by atoms with Crippen LogP contribution in [0.4, 0.5) is 13.2 Å². The summed E-state index contributed by atoms with van der Waals surface area (Å²) >= 11 is 1.33. The lowest BCUT2D eigenvalue weighted by Crippen LogP contribution is -2.34. The van der Waals surface area contributed by atoms with E-state index in [1.807, 2.05) is 0 Å². The average molecular weight is 381 g/mol. The smallest absolute Gasteiger partial charge is 0.333 e. The molecule has 2 aliphatic rings. The van der Waals surface area contributed by atoms with E-state index in [0.717, 1.165) is 25.2 Å². The molecule has 1 N–H and O–H groups in total. The summed E-state index contributed by atoms with van der Waals surface area (Å²) in [5.74, 6) is 1.34. The number of fused-ring (bicyclic) bond motifs is 1. The monoisotopic (exact) mass is 381 g/mol. The first-order valence-corrected chi connectivity index (χ1v) is 9.42. The van der Waals surface area contributed by atoms with Crippen molar-refractivity contribution in [2.45, 2.75) is 12.7 Å². The number of thiazole rings is 1. The molecule has 26 heavy (non-hydrogen) atoms. The predicted octanol–water partition coefficient (Wildman–Crippen LogP) is 3.27. The minimum absolute atomic E-state index is 0.156. The number of rotatable bonds is 5. The Morgan fingerprint density at radius 3 is 2.73 bits per heavy atom. The average Bonchev–Trinajstić information content (AvgIpc) is 3.07. The second kappa shape index (κ2) is 6.66. The molecule has 2 fully saturated rings. The summed E-state index contributed by atoms with van der Waals surface area (Å²) < 4.78 is 38.9. The Labute approximate surface area is 153 Å². The van der Waals surface area contributed by atoms with Gasteiger partial charge in [-0.3, -0.25) is 4.79 Å². The van der Waals surface area contributed by atoms with Gasteiger partial charge in [-0.1, -0.05) is 12.1 Å². The number of benzene rings is 1. The number of aromatic nitrogens is 1. The van der Waals surface area contributed by atoms with Gasteiger partial charge in [0.25, 0.3) is 5.91 Å². The molecule has 0 bridgehead atoms. The fraction of sp³-hybridized carbons (Fsp3) is 0.444. The molecule has 2 unspecified atom stereocenters. The summed E-state index contributed by atoms with van der Waals surface area (Å²) in [7, 11) is 0. The van der Waals surface area contributed by atoms with Crippen molar-refractivity contribution in [2.24, 2.45) is 17.8 Å². The van der Waals surface area contributed by atoms with Crippen molar-refractivity contribution in [3.8, 4) is 0 Å². The van der Waals surface area contributed by atoms with Crippen molar-refractivity contribution in [1.82, 2.24) is 15.2 Å². The van der Waals surface area contributed by atoms with E-state index in [9.17, 15) is 18.0 Å². The van der Waals surface area contributed by atoms with E-state index < -0.39 is 11.7 Å². The summed E-state index contributed by atoms with van der Waals surface area (Å²) in [6, 6.07) is 5.19. The van der Waals surface area contributed by atoms with Crippen molar-refractivity contribution >= 4 is 17.2 Å². The van der Waals surface area contributed by atoms with Gasteiger partial charge in [0.15, 0.2) is 0 Å². The zero-order valence-electron chi connectivity index (χ0n) is 13.9. The third kappa shape index (κ3) is 3.48. The van der Waals surface area contributed by atoms with E-state index in [4.69, 9.17) is 0 Å². The molecule has 4 nitrogen and oxygen atoms in total. The maximum absolute atomic E-state index is 13.0. The van der Waals surface area contributed by atoms with Crippen molar-refractivity contribution in [1.29, 1.82) is 0 Å². The lowest BCUT2D eigenvalue weighted by molar-refractivity contribution is -0.137. The van der Waals surface area contributed by atoms with Gasteiger partial charge in [0.05, 0.1) is 11.1 Å². The molecule has 2 heterocycles. The van der Waals surface area contributed by atoms with Crippen LogP contribution in [0.15, 0.2) is 35.2 Å². The number of nitrogens with one attached hydrogen (secondary N) is 1. The molecule has 1 saturated carbocycles. The molecular formula is C18H18F3N3OS. The molecule has 0 radical (unpaired) electrons. The minimum atomic E-state index is -4.39. The largest absolute Gasteiger partial charge is 0.416 e. The number of piperidine rings is 1. The van der Waals surface area contributed by atoms with E-state index in [2.05, 4.69) is 10.3 Å². The van der Waals surface area contributed by atoms with Crippen LogP contribution in [-0.4, -0.2) is 35.4 Å². The first kappa shape index (κ1) is 17.5. The molecule has 1 aromatic carbocycles. The lowest BCUT2D eigenvalue weighted by Gasteiger charge is -2.23. The van der Waals surface area contributed by atoms with Crippen LogP contribution < -0.4 is 5.32 Å². The highest BCUT2D eigenvalue weighted by Crippen LogP contribution is 2.49. The van der Waals surface area contributed by atoms with Gasteiger partial charge in [-0.05, 0) is 48.5 Å². The van der Waals surface area contributed by atoms with Crippen LogP contribution in [0.3, 0.4) is 0 Å². The fourth-order valence-electron chi connectivity index (χ4n) is 3.84. The van der Waals surface area contributed by atoms with Crippen molar-refractivity contribution in [3.05, 3.63) is 52.0 Å². The number of hydrogen-bond acceptors (Lipinski definition) is 4. The molecule has 4 rings (SSSR count). The quantitative estimate of drug-likeness (QED) is 0.865. The maximum Gasteiger partial charge on any atom is 0.416 e. The van der Waals surface area contributed by atoms with Crippen LogP contribution >= 0.6 is 11.3 Å². The molecule has 1 saturated heterocycles. The van der Waals surface area contributed by atoms with Gasteiger partial charge < -0.3 is 10.2 Å². The Morgan fingerprint density at radius 1 is 1.31 bits per heavy atom. The van der Waals surface area contributed by atoms with Crippen molar-refractivity contribution in [2.75, 3.05) is 19.6 Å². The van der Waals surface area contributed by atoms with E-state index in [-0.39, 0.29) is 12.5 Å². The number of carbonyl (C=O) groups is 1. The third-order valence-electron chi connectivity index (χ3n) is 5.27. The van der Waals surface area contributed by atoms with E-state index in [1.54, 1.807) is 21.9 Å². The highest BCUT2D eigenvalue weighted by atomic mass is 32.1. The predicted molar refractivity (Wildman–Crippen MR) is 91.6 cm³/mol. The van der Waals surface area contributed by atoms with Gasteiger partial charge in [0.2, 0.25) is 0 Å². The molecule has 138 valence electrons. The molecule has 1 aliphatic heterocycles. The van der Waals surface area contributed by atoms with E-state index in [0.29, 0.717) is 35.6 Å². The molecule has 2 aromatic rings. The molecule has 1 amide bonds. The van der Waals surface area contributed by atoms with E-state index >= 15 is 0 Å². The third-order valence-corrected chi connectivity index (χ3v) is 5.85. The molecule has 1 aliphatic carbocycles.